The van der Waals surface area contributed by atoms with E-state index < -0.39 is 0 Å². The number of benzene rings is 2. The van der Waals surface area contributed by atoms with Gasteiger partial charge in [0.1, 0.15) is 0 Å². The van der Waals surface area contributed by atoms with Crippen molar-refractivity contribution in [1.29, 1.82) is 0 Å². The Morgan fingerprint density at radius 3 is 2.47 bits per heavy atom. The van der Waals surface area contributed by atoms with E-state index in [9.17, 15) is 0 Å². The van der Waals surface area contributed by atoms with Crippen LogP contribution in [0.3, 0.4) is 0 Å². The second-order valence-corrected chi connectivity index (χ2v) is 4.24. The normalized spacial score (nSPS) is 10.2. The van der Waals surface area contributed by atoms with Crippen molar-refractivity contribution < 1.29 is 0 Å². The average Bonchev–Trinajstić information content (AvgIpc) is 2.40. The molecule has 2 aromatic rings. The van der Waals surface area contributed by atoms with Crippen LogP contribution >= 0.6 is 0 Å². The van der Waals surface area contributed by atoms with E-state index in [0.29, 0.717) is 0 Å². The first-order valence-electron chi connectivity index (χ1n) is 6.16. The number of hydrogen-bond acceptors (Lipinski definition) is 0. The molecule has 0 bridgehead atoms. The highest BCUT2D eigenvalue weighted by Crippen LogP contribution is 2.25. The van der Waals surface area contributed by atoms with Gasteiger partial charge in [-0.1, -0.05) is 74.5 Å². The van der Waals surface area contributed by atoms with Crippen molar-refractivity contribution >= 4 is 6.08 Å². The third-order valence-corrected chi connectivity index (χ3v) is 2.96. The van der Waals surface area contributed by atoms with Crippen LogP contribution in [0.25, 0.3) is 17.2 Å². The van der Waals surface area contributed by atoms with Gasteiger partial charge in [-0.25, -0.2) is 0 Å². The summed E-state index contributed by atoms with van der Waals surface area (Å²) in [6, 6.07) is 17.1. The van der Waals surface area contributed by atoms with Gasteiger partial charge in [0.05, 0.1) is 0 Å². The molecule has 0 spiro atoms. The van der Waals surface area contributed by atoms with Crippen molar-refractivity contribution in [3.05, 3.63) is 66.2 Å². The second kappa shape index (κ2) is 5.49. The van der Waals surface area contributed by atoms with Crippen LogP contribution in [0.15, 0.2) is 55.1 Å². The minimum absolute atomic E-state index is 1.13. The first kappa shape index (κ1) is 11.7. The molecule has 2 rings (SSSR count). The lowest BCUT2D eigenvalue weighted by atomic mass is 9.96. The summed E-state index contributed by atoms with van der Waals surface area (Å²) >= 11 is 0. The zero-order valence-electron chi connectivity index (χ0n) is 10.3. The van der Waals surface area contributed by atoms with Crippen LogP contribution in [0.1, 0.15) is 24.5 Å². The van der Waals surface area contributed by atoms with E-state index in [1.807, 2.05) is 12.1 Å². The molecular weight excluding hydrogens is 204 g/mol. The summed E-state index contributed by atoms with van der Waals surface area (Å²) in [6.45, 7) is 6.13. The smallest absolute Gasteiger partial charge is 0.0111 e. The summed E-state index contributed by atoms with van der Waals surface area (Å²) in [4.78, 5) is 0. The third-order valence-electron chi connectivity index (χ3n) is 2.96. The molecule has 17 heavy (non-hydrogen) atoms. The molecule has 86 valence electrons. The quantitative estimate of drug-likeness (QED) is 0.686. The summed E-state index contributed by atoms with van der Waals surface area (Å²) in [7, 11) is 0. The molecule has 0 aliphatic rings. The van der Waals surface area contributed by atoms with Gasteiger partial charge >= 0.3 is 0 Å². The fourth-order valence-electron chi connectivity index (χ4n) is 2.11. The SMILES string of the molecule is C=Cc1cc(CCC)ccc1-c1ccccc1. The zero-order valence-corrected chi connectivity index (χ0v) is 10.3. The largest absolute Gasteiger partial charge is 0.0984 e. The van der Waals surface area contributed by atoms with Crippen molar-refractivity contribution in [2.45, 2.75) is 19.8 Å². The predicted octanol–water partition coefficient (Wildman–Crippen LogP) is 4.95. The van der Waals surface area contributed by atoms with Crippen LogP contribution in [0.4, 0.5) is 0 Å². The van der Waals surface area contributed by atoms with Crippen LogP contribution in [-0.2, 0) is 6.42 Å². The van der Waals surface area contributed by atoms with E-state index in [0.717, 1.165) is 6.42 Å². The van der Waals surface area contributed by atoms with Gasteiger partial charge in [-0.2, -0.15) is 0 Å². The minimum atomic E-state index is 1.13. The van der Waals surface area contributed by atoms with Gasteiger partial charge < -0.3 is 0 Å². The van der Waals surface area contributed by atoms with Crippen LogP contribution < -0.4 is 0 Å². The molecule has 0 aliphatic heterocycles. The molecule has 0 heterocycles. The maximum atomic E-state index is 3.92. The standard InChI is InChI=1S/C17H18/c1-3-8-14-11-12-17(15(4-2)13-14)16-9-6-5-7-10-16/h4-7,9-13H,2-3,8H2,1H3. The van der Waals surface area contributed by atoms with Crippen LogP contribution in [0.5, 0.6) is 0 Å². The highest BCUT2D eigenvalue weighted by Gasteiger charge is 2.03. The van der Waals surface area contributed by atoms with Gasteiger partial charge in [0.2, 0.25) is 0 Å². The lowest BCUT2D eigenvalue weighted by Gasteiger charge is -2.08. The summed E-state index contributed by atoms with van der Waals surface area (Å²) in [6.07, 6.45) is 4.26. The Kier molecular flexibility index (Phi) is 3.77. The zero-order chi connectivity index (χ0) is 12.1. The second-order valence-electron chi connectivity index (χ2n) is 4.24. The van der Waals surface area contributed by atoms with Crippen LogP contribution in [-0.4, -0.2) is 0 Å². The molecule has 0 radical (unpaired) electrons. The topological polar surface area (TPSA) is 0 Å². The van der Waals surface area contributed by atoms with E-state index >= 15 is 0 Å². The maximum absolute atomic E-state index is 3.92. The highest BCUT2D eigenvalue weighted by molar-refractivity contribution is 5.75. The number of hydrogen-bond donors (Lipinski definition) is 0. The van der Waals surface area contributed by atoms with E-state index in [4.69, 9.17) is 0 Å². The van der Waals surface area contributed by atoms with E-state index in [-0.39, 0.29) is 0 Å². The summed E-state index contributed by atoms with van der Waals surface area (Å²) in [5.41, 5.74) is 5.13. The van der Waals surface area contributed by atoms with Crippen molar-refractivity contribution in [1.82, 2.24) is 0 Å². The van der Waals surface area contributed by atoms with E-state index in [1.54, 1.807) is 0 Å². The van der Waals surface area contributed by atoms with Crippen LogP contribution in [0, 0.1) is 0 Å². The maximum Gasteiger partial charge on any atom is -0.0111 e. The molecule has 0 fully saturated rings. The van der Waals surface area contributed by atoms with Crippen molar-refractivity contribution in [2.75, 3.05) is 0 Å². The fraction of sp³-hybridized carbons (Fsp3) is 0.176. The number of rotatable bonds is 4. The van der Waals surface area contributed by atoms with E-state index in [2.05, 4.69) is 56.0 Å². The third kappa shape index (κ3) is 2.65. The summed E-state index contributed by atoms with van der Waals surface area (Å²) in [5, 5.41) is 0. The molecule has 0 saturated carbocycles. The summed E-state index contributed by atoms with van der Waals surface area (Å²) in [5.74, 6) is 0. The molecule has 0 unspecified atom stereocenters. The Morgan fingerprint density at radius 2 is 1.82 bits per heavy atom. The molecule has 0 aliphatic carbocycles. The molecule has 2 aromatic carbocycles. The van der Waals surface area contributed by atoms with Gasteiger partial charge in [0, 0.05) is 0 Å². The Hall–Kier alpha value is -1.82. The van der Waals surface area contributed by atoms with Gasteiger partial charge in [0.25, 0.3) is 0 Å². The van der Waals surface area contributed by atoms with Gasteiger partial charge in [-0.15, -0.1) is 0 Å². The number of aryl methyl sites for hydroxylation is 1. The van der Waals surface area contributed by atoms with Crippen molar-refractivity contribution in [2.24, 2.45) is 0 Å². The highest BCUT2D eigenvalue weighted by atomic mass is 14.1. The average molecular weight is 222 g/mol. The lowest BCUT2D eigenvalue weighted by molar-refractivity contribution is 0.922. The van der Waals surface area contributed by atoms with Crippen molar-refractivity contribution in [3.63, 3.8) is 0 Å². The molecule has 0 saturated heterocycles. The monoisotopic (exact) mass is 222 g/mol. The minimum Gasteiger partial charge on any atom is -0.0984 e. The fourth-order valence-corrected chi connectivity index (χ4v) is 2.11. The Morgan fingerprint density at radius 1 is 1.06 bits per heavy atom. The molecule has 0 N–H and O–H groups in total. The summed E-state index contributed by atoms with van der Waals surface area (Å²) < 4.78 is 0. The van der Waals surface area contributed by atoms with Gasteiger partial charge in [0.15, 0.2) is 0 Å². The molecule has 0 atom stereocenters. The van der Waals surface area contributed by atoms with Gasteiger partial charge in [-0.05, 0) is 28.7 Å². The molecular formula is C17H18. The molecule has 0 aromatic heterocycles. The van der Waals surface area contributed by atoms with Gasteiger partial charge in [-0.3, -0.25) is 0 Å². The van der Waals surface area contributed by atoms with Crippen LogP contribution in [0.2, 0.25) is 0 Å². The molecule has 0 heteroatoms. The Labute approximate surface area is 104 Å². The lowest BCUT2D eigenvalue weighted by Crippen LogP contribution is -1.88. The Bertz CT molecular complexity index is 495. The Balaban J connectivity index is 2.45. The molecule has 0 nitrogen and oxygen atoms in total. The first-order valence-corrected chi connectivity index (χ1v) is 6.16. The molecule has 0 amide bonds. The van der Waals surface area contributed by atoms with Crippen molar-refractivity contribution in [3.8, 4) is 11.1 Å². The predicted molar refractivity (Wildman–Crippen MR) is 76.0 cm³/mol. The van der Waals surface area contributed by atoms with E-state index in [1.165, 1.54) is 28.7 Å². The first-order chi connectivity index (χ1) is 8.35.